The van der Waals surface area contributed by atoms with Gasteiger partial charge in [0.25, 0.3) is 5.89 Å². The van der Waals surface area contributed by atoms with Gasteiger partial charge in [0.05, 0.1) is 11.6 Å². The first-order chi connectivity index (χ1) is 14.1. The van der Waals surface area contributed by atoms with Crippen LogP contribution in [-0.2, 0) is 9.59 Å². The first kappa shape index (κ1) is 18.1. The SMILES string of the molecule is Cc1ccc(N2CC(C(=O)Nc3ccsc3-c3nc(C4CC4)no3)CC2=O)cc1. The molecule has 1 saturated carbocycles. The Kier molecular flexibility index (Phi) is 4.43. The lowest BCUT2D eigenvalue weighted by molar-refractivity contribution is -0.122. The summed E-state index contributed by atoms with van der Waals surface area (Å²) in [5.41, 5.74) is 2.60. The van der Waals surface area contributed by atoms with Crippen molar-refractivity contribution in [3.63, 3.8) is 0 Å². The Bertz CT molecular complexity index is 1070. The lowest BCUT2D eigenvalue weighted by Crippen LogP contribution is -2.28. The van der Waals surface area contributed by atoms with E-state index in [0.29, 0.717) is 24.0 Å². The summed E-state index contributed by atoms with van der Waals surface area (Å²) in [4.78, 5) is 32.2. The van der Waals surface area contributed by atoms with E-state index in [2.05, 4.69) is 15.5 Å². The molecule has 2 fully saturated rings. The Morgan fingerprint density at radius 2 is 2.03 bits per heavy atom. The van der Waals surface area contributed by atoms with E-state index >= 15 is 0 Å². The smallest absolute Gasteiger partial charge is 0.270 e. The molecule has 0 radical (unpaired) electrons. The maximum absolute atomic E-state index is 12.8. The molecule has 148 valence electrons. The zero-order valence-corrected chi connectivity index (χ0v) is 16.7. The zero-order chi connectivity index (χ0) is 20.0. The topological polar surface area (TPSA) is 88.3 Å². The van der Waals surface area contributed by atoms with Gasteiger partial charge in [-0.25, -0.2) is 0 Å². The highest BCUT2D eigenvalue weighted by Gasteiger charge is 2.36. The number of rotatable bonds is 5. The molecule has 1 unspecified atom stereocenters. The molecule has 1 N–H and O–H groups in total. The number of carbonyl (C=O) groups excluding carboxylic acids is 2. The van der Waals surface area contributed by atoms with E-state index in [1.807, 2.05) is 42.6 Å². The van der Waals surface area contributed by atoms with Gasteiger partial charge < -0.3 is 14.7 Å². The number of carbonyl (C=O) groups is 2. The maximum Gasteiger partial charge on any atom is 0.270 e. The fraction of sp³-hybridized carbons (Fsp3) is 0.333. The van der Waals surface area contributed by atoms with E-state index in [9.17, 15) is 9.59 Å². The predicted octanol–water partition coefficient (Wildman–Crippen LogP) is 3.98. The van der Waals surface area contributed by atoms with E-state index in [1.165, 1.54) is 11.3 Å². The van der Waals surface area contributed by atoms with Gasteiger partial charge in [0.15, 0.2) is 5.82 Å². The van der Waals surface area contributed by atoms with Gasteiger partial charge in [-0.15, -0.1) is 11.3 Å². The number of nitrogens with zero attached hydrogens (tertiary/aromatic N) is 3. The van der Waals surface area contributed by atoms with Crippen molar-refractivity contribution >= 4 is 34.5 Å². The maximum atomic E-state index is 12.8. The summed E-state index contributed by atoms with van der Waals surface area (Å²) in [5, 5.41) is 8.88. The Balaban J connectivity index is 1.29. The largest absolute Gasteiger partial charge is 0.333 e. The fourth-order valence-corrected chi connectivity index (χ4v) is 4.27. The van der Waals surface area contributed by atoms with E-state index in [0.717, 1.165) is 34.8 Å². The molecule has 8 heteroatoms. The minimum Gasteiger partial charge on any atom is -0.333 e. The van der Waals surface area contributed by atoms with Gasteiger partial charge in [0, 0.05) is 24.6 Å². The minimum atomic E-state index is -0.402. The lowest BCUT2D eigenvalue weighted by atomic mass is 10.1. The van der Waals surface area contributed by atoms with Crippen LogP contribution in [0.15, 0.2) is 40.2 Å². The molecule has 3 heterocycles. The monoisotopic (exact) mass is 408 g/mol. The van der Waals surface area contributed by atoms with Crippen molar-refractivity contribution in [2.24, 2.45) is 5.92 Å². The Labute approximate surface area is 171 Å². The quantitative estimate of drug-likeness (QED) is 0.690. The van der Waals surface area contributed by atoms with Crippen LogP contribution in [0.2, 0.25) is 0 Å². The fourth-order valence-electron chi connectivity index (χ4n) is 3.50. The van der Waals surface area contributed by atoms with Crippen molar-refractivity contribution in [2.75, 3.05) is 16.8 Å². The van der Waals surface area contributed by atoms with Crippen molar-refractivity contribution in [1.82, 2.24) is 10.1 Å². The van der Waals surface area contributed by atoms with Crippen molar-refractivity contribution in [2.45, 2.75) is 32.1 Å². The molecule has 2 amide bonds. The van der Waals surface area contributed by atoms with Crippen molar-refractivity contribution in [1.29, 1.82) is 0 Å². The van der Waals surface area contributed by atoms with Crippen LogP contribution in [0, 0.1) is 12.8 Å². The summed E-state index contributed by atoms with van der Waals surface area (Å²) in [5.74, 6) is 0.964. The second-order valence-corrected chi connectivity index (χ2v) is 8.54. The molecule has 1 atom stereocenters. The van der Waals surface area contributed by atoms with E-state index < -0.39 is 5.92 Å². The molecule has 3 aromatic rings. The number of hydrogen-bond donors (Lipinski definition) is 1. The summed E-state index contributed by atoms with van der Waals surface area (Å²) < 4.78 is 5.40. The van der Waals surface area contributed by atoms with Crippen LogP contribution in [0.1, 0.15) is 36.6 Å². The van der Waals surface area contributed by atoms with Crippen molar-refractivity contribution < 1.29 is 14.1 Å². The van der Waals surface area contributed by atoms with E-state index in [-0.39, 0.29) is 18.2 Å². The molecule has 29 heavy (non-hydrogen) atoms. The zero-order valence-electron chi connectivity index (χ0n) is 15.9. The molecule has 5 rings (SSSR count). The molecule has 1 aliphatic carbocycles. The van der Waals surface area contributed by atoms with Crippen LogP contribution < -0.4 is 10.2 Å². The van der Waals surface area contributed by atoms with E-state index in [4.69, 9.17) is 4.52 Å². The molecular weight excluding hydrogens is 388 g/mol. The van der Waals surface area contributed by atoms with Crippen molar-refractivity contribution in [3.8, 4) is 10.8 Å². The minimum absolute atomic E-state index is 0.0366. The summed E-state index contributed by atoms with van der Waals surface area (Å²) in [6.45, 7) is 2.38. The molecule has 7 nitrogen and oxygen atoms in total. The second kappa shape index (κ2) is 7.11. The highest BCUT2D eigenvalue weighted by Crippen LogP contribution is 2.40. The number of nitrogens with one attached hydrogen (secondary N) is 1. The highest BCUT2D eigenvalue weighted by atomic mass is 32.1. The average Bonchev–Trinajstić information content (AvgIpc) is 3.10. The third-order valence-corrected chi connectivity index (χ3v) is 6.25. The van der Waals surface area contributed by atoms with Gasteiger partial charge in [-0.05, 0) is 43.3 Å². The number of anilines is 2. The van der Waals surface area contributed by atoms with Gasteiger partial charge in [0.1, 0.15) is 4.88 Å². The van der Waals surface area contributed by atoms with Gasteiger partial charge in [-0.2, -0.15) is 4.98 Å². The first-order valence-corrected chi connectivity index (χ1v) is 10.6. The number of aromatic nitrogens is 2. The van der Waals surface area contributed by atoms with Crippen LogP contribution in [-0.4, -0.2) is 28.5 Å². The number of amides is 2. The predicted molar refractivity (Wildman–Crippen MR) is 110 cm³/mol. The van der Waals surface area contributed by atoms with Crippen LogP contribution in [0.5, 0.6) is 0 Å². The summed E-state index contributed by atoms with van der Waals surface area (Å²) >= 11 is 1.44. The Morgan fingerprint density at radius 1 is 1.24 bits per heavy atom. The molecule has 1 aliphatic heterocycles. The molecule has 0 bridgehead atoms. The van der Waals surface area contributed by atoms with Crippen LogP contribution in [0.4, 0.5) is 11.4 Å². The lowest BCUT2D eigenvalue weighted by Gasteiger charge is -2.17. The second-order valence-electron chi connectivity index (χ2n) is 7.63. The summed E-state index contributed by atoms with van der Waals surface area (Å²) in [6.07, 6.45) is 2.39. The Hall–Kier alpha value is -3.00. The third-order valence-electron chi connectivity index (χ3n) is 5.34. The molecule has 0 spiro atoms. The normalized spacial score (nSPS) is 19.0. The number of thiophene rings is 1. The van der Waals surface area contributed by atoms with Gasteiger partial charge in [0.2, 0.25) is 11.8 Å². The Morgan fingerprint density at radius 3 is 2.79 bits per heavy atom. The molecular formula is C21H20N4O3S. The first-order valence-electron chi connectivity index (χ1n) is 9.68. The molecule has 2 aromatic heterocycles. The van der Waals surface area contributed by atoms with Crippen molar-refractivity contribution in [3.05, 3.63) is 47.1 Å². The van der Waals surface area contributed by atoms with Gasteiger partial charge in [-0.3, -0.25) is 9.59 Å². The van der Waals surface area contributed by atoms with Gasteiger partial charge >= 0.3 is 0 Å². The molecule has 1 saturated heterocycles. The average molecular weight is 408 g/mol. The number of aryl methyl sites for hydroxylation is 1. The van der Waals surface area contributed by atoms with E-state index in [1.54, 1.807) is 4.90 Å². The van der Waals surface area contributed by atoms with Gasteiger partial charge in [-0.1, -0.05) is 22.9 Å². The number of benzene rings is 1. The van der Waals surface area contributed by atoms with Crippen LogP contribution in [0.25, 0.3) is 10.8 Å². The van der Waals surface area contributed by atoms with Crippen LogP contribution >= 0.6 is 11.3 Å². The summed E-state index contributed by atoms with van der Waals surface area (Å²) in [6, 6.07) is 9.59. The standard InChI is InChI=1S/C21H20N4O3S/c1-12-2-6-15(7-3-12)25-11-14(10-17(25)26)20(27)22-16-8-9-29-18(16)21-23-19(24-28-21)13-4-5-13/h2-3,6-9,13-14H,4-5,10-11H2,1H3,(H,22,27). The third kappa shape index (κ3) is 3.55. The molecule has 1 aromatic carbocycles. The van der Waals surface area contributed by atoms with Crippen LogP contribution in [0.3, 0.4) is 0 Å². The summed E-state index contributed by atoms with van der Waals surface area (Å²) in [7, 11) is 0. The highest BCUT2D eigenvalue weighted by molar-refractivity contribution is 7.14. The molecule has 2 aliphatic rings. The number of hydrogen-bond acceptors (Lipinski definition) is 6.